The SMILES string of the molecule is N#Cc1cc2c(nc1SC1CC(=O)N(c3ccc(C(=O)OCC(=O)c4ccc(Cl)c(Cl)c4)cc3)C1=O)CCCC2. The Morgan fingerprint density at radius 3 is 2.48 bits per heavy atom. The van der Waals surface area contributed by atoms with Gasteiger partial charge in [-0.15, -0.1) is 0 Å². The summed E-state index contributed by atoms with van der Waals surface area (Å²) >= 11 is 12.9. The molecule has 5 rings (SSSR count). The van der Waals surface area contributed by atoms with Gasteiger partial charge in [0.25, 0.3) is 0 Å². The third kappa shape index (κ3) is 5.75. The maximum absolute atomic E-state index is 13.2. The molecule has 2 heterocycles. The maximum atomic E-state index is 13.2. The van der Waals surface area contributed by atoms with Crippen LogP contribution in [-0.4, -0.2) is 40.4 Å². The number of pyridine rings is 1. The number of aromatic nitrogens is 1. The number of hydrogen-bond donors (Lipinski definition) is 0. The Hall–Kier alpha value is -3.71. The second-order valence-electron chi connectivity index (χ2n) is 9.32. The third-order valence-corrected chi connectivity index (χ3v) is 8.61. The average molecular weight is 594 g/mol. The number of nitrogens with zero attached hydrogens (tertiary/aromatic N) is 3. The van der Waals surface area contributed by atoms with Gasteiger partial charge in [0, 0.05) is 17.7 Å². The van der Waals surface area contributed by atoms with Gasteiger partial charge in [-0.25, -0.2) is 14.7 Å². The molecule has 1 atom stereocenters. The topological polar surface area (TPSA) is 117 Å². The monoisotopic (exact) mass is 593 g/mol. The molecule has 202 valence electrons. The van der Waals surface area contributed by atoms with Crippen molar-refractivity contribution in [3.63, 3.8) is 0 Å². The summed E-state index contributed by atoms with van der Waals surface area (Å²) in [6.07, 6.45) is 3.77. The number of esters is 1. The van der Waals surface area contributed by atoms with E-state index in [1.54, 1.807) is 0 Å². The molecule has 0 bridgehead atoms. The zero-order valence-corrected chi connectivity index (χ0v) is 23.3. The fraction of sp³-hybridized carbons (Fsp3) is 0.241. The lowest BCUT2D eigenvalue weighted by molar-refractivity contribution is -0.121. The molecular weight excluding hydrogens is 573 g/mol. The van der Waals surface area contributed by atoms with Crippen LogP contribution in [0, 0.1) is 11.3 Å². The number of benzene rings is 2. The number of ketones is 1. The van der Waals surface area contributed by atoms with E-state index < -0.39 is 29.5 Å². The first-order valence-corrected chi connectivity index (χ1v) is 14.1. The molecule has 1 aliphatic carbocycles. The maximum Gasteiger partial charge on any atom is 0.338 e. The molecule has 2 amide bonds. The highest BCUT2D eigenvalue weighted by atomic mass is 35.5. The molecule has 3 aromatic rings. The van der Waals surface area contributed by atoms with E-state index >= 15 is 0 Å². The summed E-state index contributed by atoms with van der Waals surface area (Å²) in [7, 11) is 0. The minimum atomic E-state index is -0.741. The summed E-state index contributed by atoms with van der Waals surface area (Å²) in [5.41, 5.74) is 3.13. The van der Waals surface area contributed by atoms with E-state index in [2.05, 4.69) is 11.1 Å². The number of carbonyl (C=O) groups is 4. The molecule has 0 saturated carbocycles. The molecule has 11 heteroatoms. The van der Waals surface area contributed by atoms with E-state index in [1.807, 2.05) is 6.07 Å². The number of thioether (sulfide) groups is 1. The number of anilines is 1. The van der Waals surface area contributed by atoms with Crippen molar-refractivity contribution >= 4 is 64.2 Å². The highest BCUT2D eigenvalue weighted by Gasteiger charge is 2.41. The summed E-state index contributed by atoms with van der Waals surface area (Å²) in [6.45, 7) is -0.498. The van der Waals surface area contributed by atoms with E-state index in [-0.39, 0.29) is 28.5 Å². The number of aryl methyl sites for hydroxylation is 2. The van der Waals surface area contributed by atoms with Gasteiger partial charge in [0.05, 0.1) is 32.1 Å². The number of hydrogen-bond acceptors (Lipinski definition) is 8. The van der Waals surface area contributed by atoms with Crippen molar-refractivity contribution in [2.45, 2.75) is 42.4 Å². The van der Waals surface area contributed by atoms with Crippen molar-refractivity contribution in [2.75, 3.05) is 11.5 Å². The number of ether oxygens (including phenoxy) is 1. The van der Waals surface area contributed by atoms with Crippen molar-refractivity contribution in [2.24, 2.45) is 0 Å². The Balaban J connectivity index is 1.24. The van der Waals surface area contributed by atoms with E-state index in [0.717, 1.165) is 53.6 Å². The van der Waals surface area contributed by atoms with Crippen molar-refractivity contribution in [3.05, 3.63) is 86.5 Å². The second-order valence-corrected chi connectivity index (χ2v) is 11.3. The van der Waals surface area contributed by atoms with Gasteiger partial charge in [-0.3, -0.25) is 14.4 Å². The fourth-order valence-electron chi connectivity index (χ4n) is 4.60. The zero-order chi connectivity index (χ0) is 28.4. The van der Waals surface area contributed by atoms with Crippen LogP contribution in [0.4, 0.5) is 5.69 Å². The van der Waals surface area contributed by atoms with Gasteiger partial charge >= 0.3 is 5.97 Å². The highest BCUT2D eigenvalue weighted by molar-refractivity contribution is 8.00. The van der Waals surface area contributed by atoms with Crippen molar-refractivity contribution in [3.8, 4) is 6.07 Å². The molecule has 8 nitrogen and oxygen atoms in total. The molecule has 0 N–H and O–H groups in total. The number of fused-ring (bicyclic) bond motifs is 1. The van der Waals surface area contributed by atoms with Gasteiger partial charge in [-0.2, -0.15) is 5.26 Å². The first-order valence-electron chi connectivity index (χ1n) is 12.5. The summed E-state index contributed by atoms with van der Waals surface area (Å²) in [4.78, 5) is 56.6. The van der Waals surface area contributed by atoms with Crippen LogP contribution < -0.4 is 4.90 Å². The number of imide groups is 1. The minimum Gasteiger partial charge on any atom is -0.454 e. The smallest absolute Gasteiger partial charge is 0.338 e. The van der Waals surface area contributed by atoms with Gasteiger partial charge < -0.3 is 4.74 Å². The standard InChI is InChI=1S/C29H21Cl2N3O5S/c30-21-10-7-18(12-22(21)31)24(35)15-39-29(38)16-5-8-20(9-6-16)34-26(36)13-25(28(34)37)40-27-19(14-32)11-17-3-1-2-4-23(17)33-27/h5-12,25H,1-4,13,15H2. The Labute approximate surface area is 244 Å². The molecule has 1 aromatic heterocycles. The van der Waals surface area contributed by atoms with E-state index in [1.165, 1.54) is 42.5 Å². The number of halogens is 2. The zero-order valence-electron chi connectivity index (χ0n) is 21.0. The summed E-state index contributed by atoms with van der Waals surface area (Å²) in [5, 5.41) is 9.89. The van der Waals surface area contributed by atoms with Gasteiger partial charge in [-0.1, -0.05) is 35.0 Å². The first kappa shape index (κ1) is 27.8. The lowest BCUT2D eigenvalue weighted by atomic mass is 9.95. The van der Waals surface area contributed by atoms with E-state index in [9.17, 15) is 24.4 Å². The van der Waals surface area contributed by atoms with Crippen LogP contribution in [0.1, 0.15) is 56.8 Å². The molecule has 1 unspecified atom stereocenters. The molecule has 2 aromatic carbocycles. The van der Waals surface area contributed by atoms with Crippen LogP contribution in [0.2, 0.25) is 10.0 Å². The van der Waals surface area contributed by atoms with Gasteiger partial charge in [0.2, 0.25) is 11.8 Å². The lowest BCUT2D eigenvalue weighted by Crippen LogP contribution is -2.31. The van der Waals surface area contributed by atoms with Crippen molar-refractivity contribution in [1.82, 2.24) is 4.98 Å². The summed E-state index contributed by atoms with van der Waals surface area (Å²) in [6, 6.07) is 14.1. The highest BCUT2D eigenvalue weighted by Crippen LogP contribution is 2.36. The predicted molar refractivity (Wildman–Crippen MR) is 150 cm³/mol. The second kappa shape index (κ2) is 11.8. The Morgan fingerprint density at radius 2 is 1.75 bits per heavy atom. The molecular formula is C29H21Cl2N3O5S. The largest absolute Gasteiger partial charge is 0.454 e. The minimum absolute atomic E-state index is 0.0340. The number of carbonyl (C=O) groups excluding carboxylic acids is 4. The van der Waals surface area contributed by atoms with Crippen LogP contribution in [0.3, 0.4) is 0 Å². The lowest BCUT2D eigenvalue weighted by Gasteiger charge is -2.18. The van der Waals surface area contributed by atoms with Crippen LogP contribution in [0.15, 0.2) is 53.6 Å². The number of nitriles is 1. The van der Waals surface area contributed by atoms with Gasteiger partial charge in [-0.05, 0) is 79.8 Å². The fourth-order valence-corrected chi connectivity index (χ4v) is 5.99. The van der Waals surface area contributed by atoms with E-state index in [4.69, 9.17) is 27.9 Å². The Morgan fingerprint density at radius 1 is 1.02 bits per heavy atom. The molecule has 0 radical (unpaired) electrons. The van der Waals surface area contributed by atoms with Gasteiger partial charge in [0.1, 0.15) is 11.1 Å². The molecule has 40 heavy (non-hydrogen) atoms. The molecule has 0 spiro atoms. The number of amides is 2. The number of rotatable bonds is 7. The van der Waals surface area contributed by atoms with E-state index in [0.29, 0.717) is 21.3 Å². The van der Waals surface area contributed by atoms with Crippen LogP contribution in [0.5, 0.6) is 0 Å². The Bertz CT molecular complexity index is 1590. The first-order chi connectivity index (χ1) is 19.2. The molecule has 1 saturated heterocycles. The van der Waals surface area contributed by atoms with Crippen molar-refractivity contribution < 1.29 is 23.9 Å². The van der Waals surface area contributed by atoms with Crippen molar-refractivity contribution in [1.29, 1.82) is 5.26 Å². The molecule has 1 aliphatic heterocycles. The summed E-state index contributed by atoms with van der Waals surface area (Å²) in [5.74, 6) is -1.99. The Kier molecular flexibility index (Phi) is 8.22. The van der Waals surface area contributed by atoms with Crippen LogP contribution in [0.25, 0.3) is 0 Å². The van der Waals surface area contributed by atoms with Gasteiger partial charge in [0.15, 0.2) is 12.4 Å². The quantitative estimate of drug-likeness (QED) is 0.197. The predicted octanol–water partition coefficient (Wildman–Crippen LogP) is 5.60. The third-order valence-electron chi connectivity index (χ3n) is 6.68. The van der Waals surface area contributed by atoms with Crippen LogP contribution >= 0.6 is 35.0 Å². The van der Waals surface area contributed by atoms with Crippen LogP contribution in [-0.2, 0) is 27.2 Å². The molecule has 2 aliphatic rings. The normalized spacial score (nSPS) is 16.4. The number of Topliss-reactive ketones (excluding diaryl/α,β-unsaturated/α-hetero) is 1. The summed E-state index contributed by atoms with van der Waals surface area (Å²) < 4.78 is 5.12. The molecule has 1 fully saturated rings. The average Bonchev–Trinajstić information content (AvgIpc) is 3.24.